The van der Waals surface area contributed by atoms with Crippen LogP contribution in [0.2, 0.25) is 0 Å². The van der Waals surface area contributed by atoms with Gasteiger partial charge in [-0.15, -0.1) is 0 Å². The molecule has 4 nitrogen and oxygen atoms in total. The number of hydrogen-bond donors (Lipinski definition) is 0. The molecule has 1 aromatic heterocycles. The molecule has 0 aliphatic heterocycles. The minimum atomic E-state index is -0.205. The normalized spacial score (nSPS) is 10.8. The van der Waals surface area contributed by atoms with Crippen molar-refractivity contribution < 1.29 is 4.74 Å². The van der Waals surface area contributed by atoms with Gasteiger partial charge in [-0.1, -0.05) is 29.8 Å². The van der Waals surface area contributed by atoms with E-state index in [-0.39, 0.29) is 11.4 Å². The summed E-state index contributed by atoms with van der Waals surface area (Å²) in [5, 5.41) is 0. The van der Waals surface area contributed by atoms with Crippen LogP contribution < -0.4 is 10.3 Å². The first-order chi connectivity index (χ1) is 9.47. The Labute approximate surface area is 126 Å². The molecule has 0 bridgehead atoms. The fraction of sp³-hybridized carbons (Fsp3) is 0.333. The summed E-state index contributed by atoms with van der Waals surface area (Å²) in [7, 11) is 0. The minimum absolute atomic E-state index is 0.110. The van der Waals surface area contributed by atoms with E-state index in [0.717, 1.165) is 10.0 Å². The highest BCUT2D eigenvalue weighted by Gasteiger charge is 2.10. The Morgan fingerprint density at radius 1 is 1.40 bits per heavy atom. The number of benzene rings is 1. The number of ether oxygens (including phenoxy) is 1. The van der Waals surface area contributed by atoms with Crippen molar-refractivity contribution >= 4 is 15.9 Å². The summed E-state index contributed by atoms with van der Waals surface area (Å²) >= 11 is 3.40. The largest absolute Gasteiger partial charge is 0.434 e. The second-order valence-electron chi connectivity index (χ2n) is 5.10. The molecule has 106 valence electrons. The Balaban J connectivity index is 2.32. The fourth-order valence-electron chi connectivity index (χ4n) is 1.87. The van der Waals surface area contributed by atoms with Crippen molar-refractivity contribution in [2.24, 2.45) is 5.92 Å². The molecule has 5 heteroatoms. The van der Waals surface area contributed by atoms with Gasteiger partial charge in [0.05, 0.1) is 0 Å². The van der Waals surface area contributed by atoms with Crippen molar-refractivity contribution in [2.45, 2.75) is 27.3 Å². The number of halogens is 1. The van der Waals surface area contributed by atoms with Crippen LogP contribution in [0, 0.1) is 12.8 Å². The number of hydrogen-bond acceptors (Lipinski definition) is 3. The lowest BCUT2D eigenvalue weighted by Gasteiger charge is -2.11. The van der Waals surface area contributed by atoms with Crippen molar-refractivity contribution in [1.82, 2.24) is 9.55 Å². The maximum atomic E-state index is 12.3. The van der Waals surface area contributed by atoms with Crippen LogP contribution in [0.15, 0.2) is 39.9 Å². The van der Waals surface area contributed by atoms with Gasteiger partial charge in [0.25, 0.3) is 5.88 Å². The molecule has 2 aromatic rings. The van der Waals surface area contributed by atoms with Gasteiger partial charge in [-0.25, -0.2) is 4.98 Å². The highest BCUT2D eigenvalue weighted by Crippen LogP contribution is 2.24. The fourth-order valence-corrected chi connectivity index (χ4v) is 2.34. The van der Waals surface area contributed by atoms with E-state index in [9.17, 15) is 4.79 Å². The second-order valence-corrected chi connectivity index (χ2v) is 6.01. The van der Waals surface area contributed by atoms with Crippen molar-refractivity contribution in [1.29, 1.82) is 0 Å². The van der Waals surface area contributed by atoms with Gasteiger partial charge in [0, 0.05) is 23.4 Å². The number of aromatic nitrogens is 2. The number of aryl methyl sites for hydroxylation is 1. The van der Waals surface area contributed by atoms with Gasteiger partial charge < -0.3 is 9.30 Å². The Hall–Kier alpha value is -1.62. The molecule has 0 saturated carbocycles. The van der Waals surface area contributed by atoms with E-state index in [4.69, 9.17) is 4.74 Å². The maximum Gasteiger partial charge on any atom is 0.313 e. The molecule has 0 amide bonds. The lowest BCUT2D eigenvalue weighted by atomic mass is 10.2. The molecule has 0 aliphatic carbocycles. The Morgan fingerprint density at radius 2 is 2.15 bits per heavy atom. The van der Waals surface area contributed by atoms with E-state index in [2.05, 4.69) is 34.8 Å². The lowest BCUT2D eigenvalue weighted by molar-refractivity contribution is 0.430. The molecule has 20 heavy (non-hydrogen) atoms. The quantitative estimate of drug-likeness (QED) is 0.853. The van der Waals surface area contributed by atoms with Gasteiger partial charge in [-0.05, 0) is 36.6 Å². The van der Waals surface area contributed by atoms with E-state index >= 15 is 0 Å². The first-order valence-corrected chi connectivity index (χ1v) is 7.26. The van der Waals surface area contributed by atoms with Crippen LogP contribution in [0.3, 0.4) is 0 Å². The molecular weight excluding hydrogens is 320 g/mol. The SMILES string of the molecule is Cc1cc(Br)ccc1Oc1nccn(CC(C)C)c1=O. The Kier molecular flexibility index (Phi) is 4.60. The van der Waals surface area contributed by atoms with Gasteiger partial charge in [0.1, 0.15) is 5.75 Å². The minimum Gasteiger partial charge on any atom is -0.434 e. The second kappa shape index (κ2) is 6.22. The van der Waals surface area contributed by atoms with Crippen LogP contribution in [0.25, 0.3) is 0 Å². The van der Waals surface area contributed by atoms with Crippen LogP contribution in [0.1, 0.15) is 19.4 Å². The third kappa shape index (κ3) is 3.48. The van der Waals surface area contributed by atoms with Crippen LogP contribution in [0.5, 0.6) is 11.6 Å². The zero-order valence-corrected chi connectivity index (χ0v) is 13.3. The highest BCUT2D eigenvalue weighted by atomic mass is 79.9. The van der Waals surface area contributed by atoms with Gasteiger partial charge in [0.2, 0.25) is 0 Å². The summed E-state index contributed by atoms with van der Waals surface area (Å²) in [6.45, 7) is 6.70. The molecule has 0 N–H and O–H groups in total. The molecule has 1 aromatic carbocycles. The van der Waals surface area contributed by atoms with Crippen LogP contribution in [-0.2, 0) is 6.54 Å². The van der Waals surface area contributed by atoms with E-state index in [1.54, 1.807) is 17.0 Å². The van der Waals surface area contributed by atoms with Crippen LogP contribution >= 0.6 is 15.9 Å². The molecule has 0 saturated heterocycles. The average Bonchev–Trinajstić information content (AvgIpc) is 2.36. The topological polar surface area (TPSA) is 44.1 Å². The molecule has 0 spiro atoms. The summed E-state index contributed by atoms with van der Waals surface area (Å²) in [5.74, 6) is 1.14. The van der Waals surface area contributed by atoms with E-state index in [1.807, 2.05) is 25.1 Å². The van der Waals surface area contributed by atoms with Crippen LogP contribution in [-0.4, -0.2) is 9.55 Å². The van der Waals surface area contributed by atoms with E-state index in [0.29, 0.717) is 18.2 Å². The lowest BCUT2D eigenvalue weighted by Crippen LogP contribution is -2.23. The zero-order chi connectivity index (χ0) is 14.7. The summed E-state index contributed by atoms with van der Waals surface area (Å²) < 4.78 is 8.25. The average molecular weight is 337 g/mol. The summed E-state index contributed by atoms with van der Waals surface area (Å²) in [6, 6.07) is 5.63. The van der Waals surface area contributed by atoms with Crippen molar-refractivity contribution in [3.8, 4) is 11.6 Å². The molecule has 0 unspecified atom stereocenters. The Morgan fingerprint density at radius 3 is 2.80 bits per heavy atom. The smallest absolute Gasteiger partial charge is 0.313 e. The summed E-state index contributed by atoms with van der Waals surface area (Å²) in [4.78, 5) is 16.3. The Bertz CT molecular complexity index is 665. The van der Waals surface area contributed by atoms with E-state index < -0.39 is 0 Å². The molecule has 0 fully saturated rings. The summed E-state index contributed by atoms with van der Waals surface area (Å²) in [6.07, 6.45) is 3.27. The van der Waals surface area contributed by atoms with Crippen LogP contribution in [0.4, 0.5) is 0 Å². The first-order valence-electron chi connectivity index (χ1n) is 6.47. The van der Waals surface area contributed by atoms with Gasteiger partial charge in [-0.3, -0.25) is 4.79 Å². The number of nitrogens with zero attached hydrogens (tertiary/aromatic N) is 2. The van der Waals surface area contributed by atoms with Crippen molar-refractivity contribution in [3.63, 3.8) is 0 Å². The molecule has 2 rings (SSSR count). The molecule has 0 aliphatic rings. The standard InChI is InChI=1S/C15H17BrN2O2/c1-10(2)9-18-7-6-17-14(15(18)19)20-13-5-4-12(16)8-11(13)3/h4-8,10H,9H2,1-3H3. The zero-order valence-electron chi connectivity index (χ0n) is 11.8. The van der Waals surface area contributed by atoms with Crippen molar-refractivity contribution in [3.05, 3.63) is 51.0 Å². The maximum absolute atomic E-state index is 12.3. The monoisotopic (exact) mass is 336 g/mol. The van der Waals surface area contributed by atoms with Crippen molar-refractivity contribution in [2.75, 3.05) is 0 Å². The van der Waals surface area contributed by atoms with E-state index in [1.165, 1.54) is 0 Å². The third-order valence-corrected chi connectivity index (χ3v) is 3.28. The van der Waals surface area contributed by atoms with Gasteiger partial charge in [-0.2, -0.15) is 0 Å². The predicted octanol–water partition coefficient (Wildman–Crippen LogP) is 3.76. The number of rotatable bonds is 4. The molecule has 1 heterocycles. The predicted molar refractivity (Wildman–Crippen MR) is 82.3 cm³/mol. The highest BCUT2D eigenvalue weighted by molar-refractivity contribution is 9.10. The third-order valence-electron chi connectivity index (χ3n) is 2.79. The molecule has 0 atom stereocenters. The van der Waals surface area contributed by atoms with Gasteiger partial charge in [0.15, 0.2) is 0 Å². The molecular formula is C15H17BrN2O2. The summed E-state index contributed by atoms with van der Waals surface area (Å²) in [5.41, 5.74) is 0.739. The van der Waals surface area contributed by atoms with Gasteiger partial charge >= 0.3 is 5.56 Å². The first kappa shape index (κ1) is 14.8. The molecule has 0 radical (unpaired) electrons.